The summed E-state index contributed by atoms with van der Waals surface area (Å²) in [6, 6.07) is 8.91. The van der Waals surface area contributed by atoms with E-state index in [-0.39, 0.29) is 0 Å². The molecule has 1 aliphatic rings. The number of nitrogens with zero attached hydrogens (tertiary/aromatic N) is 2. The van der Waals surface area contributed by atoms with Crippen molar-refractivity contribution in [2.75, 3.05) is 5.32 Å². The van der Waals surface area contributed by atoms with Gasteiger partial charge in [0.25, 0.3) is 0 Å². The Labute approximate surface area is 120 Å². The largest absolute Gasteiger partial charge is 0.365 e. The van der Waals surface area contributed by atoms with Gasteiger partial charge in [0.05, 0.1) is 5.69 Å². The zero-order valence-corrected chi connectivity index (χ0v) is 12.6. The Balaban J connectivity index is 1.89. The third kappa shape index (κ3) is 2.62. The zero-order chi connectivity index (χ0) is 14.1. The zero-order valence-electron chi connectivity index (χ0n) is 12.6. The van der Waals surface area contributed by atoms with Crippen LogP contribution in [0.1, 0.15) is 38.8 Å². The Kier molecular flexibility index (Phi) is 3.60. The highest BCUT2D eigenvalue weighted by molar-refractivity contribution is 5.92. The molecule has 0 saturated heterocycles. The molecule has 2 unspecified atom stereocenters. The van der Waals surface area contributed by atoms with E-state index in [0.717, 1.165) is 23.3 Å². The first-order chi connectivity index (χ1) is 9.63. The van der Waals surface area contributed by atoms with Gasteiger partial charge < -0.3 is 5.32 Å². The number of aryl methyl sites for hydroxylation is 1. The van der Waals surface area contributed by atoms with Crippen molar-refractivity contribution >= 4 is 16.6 Å². The van der Waals surface area contributed by atoms with Crippen molar-refractivity contribution < 1.29 is 0 Å². The molecule has 1 fully saturated rings. The molecule has 1 aromatic heterocycles. The molecule has 3 heteroatoms. The number of benzene rings is 1. The van der Waals surface area contributed by atoms with Gasteiger partial charge in [0, 0.05) is 16.8 Å². The molecule has 1 saturated carbocycles. The molecule has 0 aliphatic heterocycles. The van der Waals surface area contributed by atoms with Crippen molar-refractivity contribution in [1.29, 1.82) is 0 Å². The molecule has 3 nitrogen and oxygen atoms in total. The molecule has 0 spiro atoms. The predicted octanol–water partition coefficient (Wildman–Crippen LogP) is 4.17. The summed E-state index contributed by atoms with van der Waals surface area (Å²) in [6.07, 6.45) is 3.81. The highest BCUT2D eigenvalue weighted by Gasteiger charge is 2.24. The Morgan fingerprint density at radius 1 is 0.950 bits per heavy atom. The lowest BCUT2D eigenvalue weighted by Crippen LogP contribution is -2.30. The Hall–Kier alpha value is -1.64. The predicted molar refractivity (Wildman–Crippen MR) is 83.9 cm³/mol. The van der Waals surface area contributed by atoms with Crippen molar-refractivity contribution in [3.63, 3.8) is 0 Å². The number of rotatable bonds is 2. The van der Waals surface area contributed by atoms with Crippen LogP contribution in [0.2, 0.25) is 0 Å². The highest BCUT2D eigenvalue weighted by Crippen LogP contribution is 2.31. The molecule has 1 N–H and O–H groups in total. The number of aromatic nitrogens is 2. The minimum atomic E-state index is 0.522. The quantitative estimate of drug-likeness (QED) is 0.889. The van der Waals surface area contributed by atoms with E-state index in [1.807, 2.05) is 6.92 Å². The van der Waals surface area contributed by atoms with Crippen molar-refractivity contribution in [3.05, 3.63) is 30.0 Å². The van der Waals surface area contributed by atoms with Gasteiger partial charge in [-0.1, -0.05) is 38.1 Å². The van der Waals surface area contributed by atoms with E-state index in [4.69, 9.17) is 0 Å². The highest BCUT2D eigenvalue weighted by atomic mass is 15.2. The summed E-state index contributed by atoms with van der Waals surface area (Å²) < 4.78 is 0. The van der Waals surface area contributed by atoms with Crippen LogP contribution in [0.4, 0.5) is 5.82 Å². The maximum Gasteiger partial charge on any atom is 0.156 e. The molecule has 2 atom stereocenters. The topological polar surface area (TPSA) is 37.8 Å². The van der Waals surface area contributed by atoms with Crippen molar-refractivity contribution in [2.24, 2.45) is 11.8 Å². The Morgan fingerprint density at radius 2 is 1.60 bits per heavy atom. The van der Waals surface area contributed by atoms with Crippen LogP contribution in [0.5, 0.6) is 0 Å². The number of hydrogen-bond donors (Lipinski definition) is 1. The fraction of sp³-hybridized carbons (Fsp3) is 0.529. The van der Waals surface area contributed by atoms with Gasteiger partial charge in [-0.3, -0.25) is 0 Å². The SMILES string of the molecule is Cc1nnc(NC2CC(C)CC(C)C2)c2ccccc12. The maximum atomic E-state index is 4.39. The molecule has 0 amide bonds. The van der Waals surface area contributed by atoms with Crippen molar-refractivity contribution in [3.8, 4) is 0 Å². The van der Waals surface area contributed by atoms with Gasteiger partial charge in [0.1, 0.15) is 0 Å². The molecule has 2 aromatic rings. The van der Waals surface area contributed by atoms with Crippen LogP contribution in [-0.2, 0) is 0 Å². The average molecular weight is 269 g/mol. The molecule has 106 valence electrons. The van der Waals surface area contributed by atoms with Crippen LogP contribution >= 0.6 is 0 Å². The van der Waals surface area contributed by atoms with Crippen LogP contribution in [0, 0.1) is 18.8 Å². The summed E-state index contributed by atoms with van der Waals surface area (Å²) in [5.41, 5.74) is 0.997. The van der Waals surface area contributed by atoms with Crippen molar-refractivity contribution in [2.45, 2.75) is 46.1 Å². The molecular formula is C17H23N3. The first-order valence-corrected chi connectivity index (χ1v) is 7.62. The molecule has 20 heavy (non-hydrogen) atoms. The van der Waals surface area contributed by atoms with Crippen LogP contribution in [-0.4, -0.2) is 16.2 Å². The van der Waals surface area contributed by atoms with Gasteiger partial charge in [-0.15, -0.1) is 5.10 Å². The lowest BCUT2D eigenvalue weighted by Gasteiger charge is -2.32. The monoisotopic (exact) mass is 269 g/mol. The number of hydrogen-bond acceptors (Lipinski definition) is 3. The number of fused-ring (bicyclic) bond motifs is 1. The lowest BCUT2D eigenvalue weighted by atomic mass is 9.80. The van der Waals surface area contributed by atoms with E-state index in [1.54, 1.807) is 0 Å². The van der Waals surface area contributed by atoms with Gasteiger partial charge in [-0.2, -0.15) is 5.10 Å². The normalized spacial score (nSPS) is 26.6. The van der Waals surface area contributed by atoms with Gasteiger partial charge in [0.2, 0.25) is 0 Å². The smallest absolute Gasteiger partial charge is 0.156 e. The van der Waals surface area contributed by atoms with Crippen LogP contribution in [0.25, 0.3) is 10.8 Å². The van der Waals surface area contributed by atoms with Crippen LogP contribution in [0.15, 0.2) is 24.3 Å². The molecule has 1 aromatic carbocycles. The average Bonchev–Trinajstić information content (AvgIpc) is 2.41. The second-order valence-corrected chi connectivity index (χ2v) is 6.44. The summed E-state index contributed by atoms with van der Waals surface area (Å²) >= 11 is 0. The summed E-state index contributed by atoms with van der Waals surface area (Å²) in [6.45, 7) is 6.72. The summed E-state index contributed by atoms with van der Waals surface area (Å²) in [5.74, 6) is 2.53. The lowest BCUT2D eigenvalue weighted by molar-refractivity contribution is 0.280. The number of nitrogens with one attached hydrogen (secondary N) is 1. The first kappa shape index (κ1) is 13.3. The minimum absolute atomic E-state index is 0.522. The molecular weight excluding hydrogens is 246 g/mol. The summed E-state index contributed by atoms with van der Waals surface area (Å²) in [7, 11) is 0. The van der Waals surface area contributed by atoms with Gasteiger partial charge >= 0.3 is 0 Å². The van der Waals surface area contributed by atoms with E-state index in [1.165, 1.54) is 30.0 Å². The van der Waals surface area contributed by atoms with Crippen LogP contribution < -0.4 is 5.32 Å². The molecule has 1 heterocycles. The van der Waals surface area contributed by atoms with Gasteiger partial charge in [0.15, 0.2) is 5.82 Å². The van der Waals surface area contributed by atoms with E-state index in [2.05, 4.69) is 53.6 Å². The van der Waals surface area contributed by atoms with E-state index >= 15 is 0 Å². The Bertz CT molecular complexity index is 598. The summed E-state index contributed by atoms with van der Waals surface area (Å²) in [5, 5.41) is 14.7. The Morgan fingerprint density at radius 3 is 2.30 bits per heavy atom. The van der Waals surface area contributed by atoms with Crippen LogP contribution in [0.3, 0.4) is 0 Å². The second-order valence-electron chi connectivity index (χ2n) is 6.44. The second kappa shape index (κ2) is 5.39. The van der Waals surface area contributed by atoms with E-state index in [9.17, 15) is 0 Å². The molecule has 1 aliphatic carbocycles. The standard InChI is InChI=1S/C17H23N3/c1-11-8-12(2)10-14(9-11)18-17-16-7-5-4-6-15(16)13(3)19-20-17/h4-7,11-12,14H,8-10H2,1-3H3,(H,18,20). The number of anilines is 1. The summed E-state index contributed by atoms with van der Waals surface area (Å²) in [4.78, 5) is 0. The van der Waals surface area contributed by atoms with E-state index < -0.39 is 0 Å². The fourth-order valence-electron chi connectivity index (χ4n) is 3.60. The minimum Gasteiger partial charge on any atom is -0.365 e. The molecule has 0 radical (unpaired) electrons. The third-order valence-electron chi connectivity index (χ3n) is 4.39. The molecule has 0 bridgehead atoms. The third-order valence-corrected chi connectivity index (χ3v) is 4.39. The first-order valence-electron chi connectivity index (χ1n) is 7.62. The fourth-order valence-corrected chi connectivity index (χ4v) is 3.60. The van der Waals surface area contributed by atoms with E-state index in [0.29, 0.717) is 6.04 Å². The van der Waals surface area contributed by atoms with Crippen molar-refractivity contribution in [1.82, 2.24) is 10.2 Å². The van der Waals surface area contributed by atoms with Gasteiger partial charge in [-0.05, 0) is 38.0 Å². The molecule has 3 rings (SSSR count). The maximum absolute atomic E-state index is 4.39. The van der Waals surface area contributed by atoms with Gasteiger partial charge in [-0.25, -0.2) is 0 Å².